The lowest BCUT2D eigenvalue weighted by atomic mass is 10.2. The molecule has 3 heterocycles. The van der Waals surface area contributed by atoms with Crippen molar-refractivity contribution in [2.75, 3.05) is 10.6 Å². The number of hydrogen-bond donors (Lipinski definition) is 2. The third kappa shape index (κ3) is 4.65. The molecule has 178 valence electrons. The summed E-state index contributed by atoms with van der Waals surface area (Å²) in [5.74, 6) is -1.19. The molecular weight excluding hydrogens is 509 g/mol. The molecule has 0 saturated heterocycles. The minimum Gasteiger partial charge on any atom is -0.321 e. The van der Waals surface area contributed by atoms with Crippen molar-refractivity contribution in [3.05, 3.63) is 39.6 Å². The van der Waals surface area contributed by atoms with Crippen LogP contribution in [0, 0.1) is 13.8 Å². The molecule has 0 bridgehead atoms. The van der Waals surface area contributed by atoms with Gasteiger partial charge in [-0.25, -0.2) is 0 Å². The number of hydrogen-bond acceptors (Lipinski definition) is 5. The van der Waals surface area contributed by atoms with Crippen LogP contribution in [0.1, 0.15) is 47.5 Å². The topological polar surface area (TPSA) is 112 Å². The summed E-state index contributed by atoms with van der Waals surface area (Å²) in [5.41, 5.74) is 0.451. The number of rotatable bonds is 6. The molecule has 14 heteroatoms. The third-order valence-corrected chi connectivity index (χ3v) is 6.14. The highest BCUT2D eigenvalue weighted by Crippen LogP contribution is 2.36. The molecule has 1 unspecified atom stereocenters. The van der Waals surface area contributed by atoms with E-state index in [4.69, 9.17) is 0 Å². The molecule has 2 N–H and O–H groups in total. The van der Waals surface area contributed by atoms with Crippen LogP contribution in [0.15, 0.2) is 16.9 Å². The summed E-state index contributed by atoms with van der Waals surface area (Å²) in [4.78, 5) is 25.8. The van der Waals surface area contributed by atoms with Gasteiger partial charge in [0.05, 0.1) is 39.6 Å². The van der Waals surface area contributed by atoms with E-state index in [0.29, 0.717) is 12.2 Å². The number of aromatic nitrogens is 6. The number of aryl methyl sites for hydroxylation is 2. The summed E-state index contributed by atoms with van der Waals surface area (Å²) in [6, 6.07) is -1.10. The molecule has 0 spiro atoms. The highest BCUT2D eigenvalue weighted by molar-refractivity contribution is 9.10. The Hall–Kier alpha value is -3.16. The van der Waals surface area contributed by atoms with Crippen LogP contribution in [-0.4, -0.2) is 41.2 Å². The number of nitrogens with one attached hydrogen (secondary N) is 2. The molecule has 3 rings (SSSR count). The molecule has 2 amide bonds. The van der Waals surface area contributed by atoms with E-state index >= 15 is 0 Å². The van der Waals surface area contributed by atoms with Crippen molar-refractivity contribution in [2.45, 2.75) is 46.5 Å². The van der Waals surface area contributed by atoms with Gasteiger partial charge < -0.3 is 10.6 Å². The number of nitrogens with zero attached hydrogens (tertiary/aromatic N) is 6. The van der Waals surface area contributed by atoms with E-state index < -0.39 is 29.7 Å². The Morgan fingerprint density at radius 1 is 1.12 bits per heavy atom. The van der Waals surface area contributed by atoms with E-state index in [1.165, 1.54) is 30.9 Å². The Balaban J connectivity index is 1.87. The summed E-state index contributed by atoms with van der Waals surface area (Å²) < 4.78 is 43.3. The Kier molecular flexibility index (Phi) is 6.68. The van der Waals surface area contributed by atoms with Crippen molar-refractivity contribution in [1.82, 2.24) is 29.3 Å². The molecule has 33 heavy (non-hydrogen) atoms. The van der Waals surface area contributed by atoms with Crippen molar-refractivity contribution in [3.63, 3.8) is 0 Å². The maximum atomic E-state index is 13.2. The van der Waals surface area contributed by atoms with Crippen molar-refractivity contribution in [2.24, 2.45) is 7.05 Å². The first-order valence-corrected chi connectivity index (χ1v) is 10.6. The zero-order valence-corrected chi connectivity index (χ0v) is 20.0. The van der Waals surface area contributed by atoms with Gasteiger partial charge in [0.1, 0.15) is 11.7 Å². The van der Waals surface area contributed by atoms with Crippen molar-refractivity contribution in [1.29, 1.82) is 0 Å². The maximum Gasteiger partial charge on any atom is 0.436 e. The molecule has 0 aliphatic rings. The molecule has 3 aromatic heterocycles. The summed E-state index contributed by atoms with van der Waals surface area (Å²) >= 11 is 2.90. The zero-order valence-electron chi connectivity index (χ0n) is 18.5. The molecule has 0 aliphatic carbocycles. The summed E-state index contributed by atoms with van der Waals surface area (Å²) in [5, 5.41) is 17.1. The lowest BCUT2D eigenvalue weighted by molar-refractivity contribution is -0.142. The fourth-order valence-corrected chi connectivity index (χ4v) is 3.65. The second-order valence-corrected chi connectivity index (χ2v) is 8.09. The number of carbonyl (C=O) groups is 2. The fraction of sp³-hybridized carbons (Fsp3) is 0.421. The average Bonchev–Trinajstić information content (AvgIpc) is 3.39. The lowest BCUT2D eigenvalue weighted by Crippen LogP contribution is -2.27. The monoisotopic (exact) mass is 530 g/mol. The van der Waals surface area contributed by atoms with E-state index in [1.807, 2.05) is 0 Å². The SMILES string of the molecule is CCn1ncc(NC(=O)C(C)n2nc(C(F)(F)F)c(Br)c2C)c1C(=O)Nc1cnn(C)c1C. The molecular formula is C19H22BrF3N8O2. The van der Waals surface area contributed by atoms with Gasteiger partial charge >= 0.3 is 6.18 Å². The van der Waals surface area contributed by atoms with E-state index in [1.54, 1.807) is 25.6 Å². The van der Waals surface area contributed by atoms with Gasteiger partial charge in [0.2, 0.25) is 5.91 Å². The summed E-state index contributed by atoms with van der Waals surface area (Å²) in [6.45, 7) is 6.73. The molecule has 1 atom stereocenters. The number of carbonyl (C=O) groups excluding carboxylic acids is 2. The first kappa shape index (κ1) is 24.5. The lowest BCUT2D eigenvalue weighted by Gasteiger charge is -2.15. The van der Waals surface area contributed by atoms with Gasteiger partial charge in [-0.15, -0.1) is 0 Å². The van der Waals surface area contributed by atoms with Gasteiger partial charge in [-0.05, 0) is 43.6 Å². The number of halogens is 4. The molecule has 0 radical (unpaired) electrons. The first-order valence-electron chi connectivity index (χ1n) is 9.85. The number of anilines is 2. The second-order valence-electron chi connectivity index (χ2n) is 7.30. The van der Waals surface area contributed by atoms with Crippen molar-refractivity contribution in [3.8, 4) is 0 Å². The molecule has 0 saturated carbocycles. The van der Waals surface area contributed by atoms with Crippen molar-refractivity contribution >= 4 is 39.1 Å². The smallest absolute Gasteiger partial charge is 0.321 e. The molecule has 0 aromatic carbocycles. The van der Waals surface area contributed by atoms with Crippen LogP contribution in [0.2, 0.25) is 0 Å². The van der Waals surface area contributed by atoms with E-state index in [-0.39, 0.29) is 21.5 Å². The van der Waals surface area contributed by atoms with Crippen LogP contribution in [0.25, 0.3) is 0 Å². The molecule has 3 aromatic rings. The molecule has 10 nitrogen and oxygen atoms in total. The maximum absolute atomic E-state index is 13.2. The van der Waals surface area contributed by atoms with Crippen LogP contribution in [0.3, 0.4) is 0 Å². The van der Waals surface area contributed by atoms with E-state index in [9.17, 15) is 22.8 Å². The van der Waals surface area contributed by atoms with Gasteiger partial charge in [0, 0.05) is 13.6 Å². The minimum atomic E-state index is -4.68. The Labute approximate surface area is 195 Å². The summed E-state index contributed by atoms with van der Waals surface area (Å²) in [7, 11) is 1.73. The van der Waals surface area contributed by atoms with Crippen LogP contribution in [0.4, 0.5) is 24.5 Å². The van der Waals surface area contributed by atoms with Gasteiger partial charge in [-0.3, -0.25) is 23.6 Å². The number of amides is 2. The van der Waals surface area contributed by atoms with Crippen LogP contribution < -0.4 is 10.6 Å². The van der Waals surface area contributed by atoms with Gasteiger partial charge in [-0.2, -0.15) is 28.5 Å². The Bertz CT molecular complexity index is 1210. The summed E-state index contributed by atoms with van der Waals surface area (Å²) in [6.07, 6.45) is -1.87. The van der Waals surface area contributed by atoms with Crippen LogP contribution in [0.5, 0.6) is 0 Å². The van der Waals surface area contributed by atoms with Gasteiger partial charge in [0.15, 0.2) is 5.69 Å². The van der Waals surface area contributed by atoms with E-state index in [0.717, 1.165) is 10.4 Å². The normalized spacial score (nSPS) is 12.6. The van der Waals surface area contributed by atoms with Crippen LogP contribution in [-0.2, 0) is 24.6 Å². The third-order valence-electron chi connectivity index (χ3n) is 5.19. The standard InChI is InChI=1S/C19H22BrF3N8O2/c1-6-30-15(18(33)26-12-7-24-29(5)9(12)2)13(8-25-30)27-17(32)11(4)31-10(3)14(20)16(28-31)19(21,22)23/h7-8,11H,6H2,1-5H3,(H,26,33)(H,27,32). The predicted octanol–water partition coefficient (Wildman–Crippen LogP) is 3.68. The predicted molar refractivity (Wildman–Crippen MR) is 117 cm³/mol. The minimum absolute atomic E-state index is 0.0932. The Morgan fingerprint density at radius 2 is 1.76 bits per heavy atom. The largest absolute Gasteiger partial charge is 0.436 e. The highest BCUT2D eigenvalue weighted by atomic mass is 79.9. The van der Waals surface area contributed by atoms with Crippen molar-refractivity contribution < 1.29 is 22.8 Å². The van der Waals surface area contributed by atoms with Gasteiger partial charge in [-0.1, -0.05) is 0 Å². The quantitative estimate of drug-likeness (QED) is 0.504. The number of alkyl halides is 3. The molecule has 0 fully saturated rings. The Morgan fingerprint density at radius 3 is 2.27 bits per heavy atom. The highest BCUT2D eigenvalue weighted by Gasteiger charge is 2.39. The second kappa shape index (κ2) is 9.00. The zero-order chi connectivity index (χ0) is 24.7. The van der Waals surface area contributed by atoms with Crippen LogP contribution >= 0.6 is 15.9 Å². The van der Waals surface area contributed by atoms with Gasteiger partial charge in [0.25, 0.3) is 5.91 Å². The molecule has 0 aliphatic heterocycles. The fourth-order valence-electron chi connectivity index (χ4n) is 3.16. The average molecular weight is 531 g/mol. The first-order chi connectivity index (χ1) is 15.4. The van der Waals surface area contributed by atoms with E-state index in [2.05, 4.69) is 41.9 Å².